The van der Waals surface area contributed by atoms with Crippen molar-refractivity contribution < 1.29 is 9.53 Å². The minimum absolute atomic E-state index is 0. The fraction of sp³-hybridized carbons (Fsp3) is 0.333. The van der Waals surface area contributed by atoms with Crippen molar-refractivity contribution in [3.63, 3.8) is 0 Å². The molecule has 5 nitrogen and oxygen atoms in total. The molecule has 0 aliphatic carbocycles. The zero-order valence-electron chi connectivity index (χ0n) is 12.8. The van der Waals surface area contributed by atoms with Gasteiger partial charge in [-0.2, -0.15) is 0 Å². The van der Waals surface area contributed by atoms with Gasteiger partial charge in [0.25, 0.3) is 5.91 Å². The number of hydrogen-bond acceptors (Lipinski definition) is 4. The van der Waals surface area contributed by atoms with Crippen LogP contribution < -0.4 is 15.4 Å². The summed E-state index contributed by atoms with van der Waals surface area (Å²) in [5.41, 5.74) is 1.20. The number of rotatable bonds is 5. The summed E-state index contributed by atoms with van der Waals surface area (Å²) in [7, 11) is 3.48. The van der Waals surface area contributed by atoms with E-state index in [-0.39, 0.29) is 36.8 Å². The maximum absolute atomic E-state index is 12.0. The van der Waals surface area contributed by atoms with Gasteiger partial charge in [0.1, 0.15) is 11.4 Å². The van der Waals surface area contributed by atoms with Crippen molar-refractivity contribution in [1.29, 1.82) is 0 Å². The van der Waals surface area contributed by atoms with Gasteiger partial charge in [-0.1, -0.05) is 6.07 Å². The summed E-state index contributed by atoms with van der Waals surface area (Å²) < 4.78 is 5.16. The van der Waals surface area contributed by atoms with Gasteiger partial charge >= 0.3 is 0 Å². The SMILES string of the molecule is CNC(C)CNC(=O)c1ccc2cc(OC)ccc2n1.Cl.Cl. The van der Waals surface area contributed by atoms with Gasteiger partial charge in [0, 0.05) is 18.0 Å². The molecule has 0 saturated carbocycles. The molecular weight excluding hydrogens is 325 g/mol. The van der Waals surface area contributed by atoms with Crippen LogP contribution >= 0.6 is 24.8 Å². The van der Waals surface area contributed by atoms with Crippen LogP contribution in [0.5, 0.6) is 5.75 Å². The maximum atomic E-state index is 12.0. The lowest BCUT2D eigenvalue weighted by atomic mass is 10.2. The Morgan fingerprint density at radius 1 is 1.27 bits per heavy atom. The van der Waals surface area contributed by atoms with E-state index in [4.69, 9.17) is 4.74 Å². The molecule has 22 heavy (non-hydrogen) atoms. The number of hydrogen-bond donors (Lipinski definition) is 2. The number of ether oxygens (including phenoxy) is 1. The second kappa shape index (κ2) is 9.46. The summed E-state index contributed by atoms with van der Waals surface area (Å²) in [5.74, 6) is 0.615. The summed E-state index contributed by atoms with van der Waals surface area (Å²) in [5, 5.41) is 6.86. The molecule has 122 valence electrons. The largest absolute Gasteiger partial charge is 0.497 e. The Hall–Kier alpha value is -1.56. The molecule has 1 aromatic heterocycles. The van der Waals surface area contributed by atoms with E-state index >= 15 is 0 Å². The number of methoxy groups -OCH3 is 1. The lowest BCUT2D eigenvalue weighted by molar-refractivity contribution is 0.0946. The lowest BCUT2D eigenvalue weighted by Crippen LogP contribution is -2.37. The van der Waals surface area contributed by atoms with E-state index < -0.39 is 0 Å². The second-order valence-electron chi connectivity index (χ2n) is 4.65. The van der Waals surface area contributed by atoms with E-state index in [2.05, 4.69) is 15.6 Å². The maximum Gasteiger partial charge on any atom is 0.269 e. The van der Waals surface area contributed by atoms with Crippen LogP contribution in [0.4, 0.5) is 0 Å². The van der Waals surface area contributed by atoms with Crippen molar-refractivity contribution in [3.8, 4) is 5.75 Å². The first-order chi connectivity index (χ1) is 9.63. The minimum atomic E-state index is -0.162. The molecule has 1 heterocycles. The van der Waals surface area contributed by atoms with Gasteiger partial charge in [-0.25, -0.2) is 4.98 Å². The third kappa shape index (κ3) is 5.02. The zero-order chi connectivity index (χ0) is 14.5. The Labute approximate surface area is 142 Å². The highest BCUT2D eigenvalue weighted by molar-refractivity contribution is 5.95. The van der Waals surface area contributed by atoms with Crippen LogP contribution in [0.2, 0.25) is 0 Å². The van der Waals surface area contributed by atoms with Gasteiger partial charge in [-0.05, 0) is 38.2 Å². The first-order valence-electron chi connectivity index (χ1n) is 6.54. The number of pyridine rings is 1. The van der Waals surface area contributed by atoms with E-state index in [9.17, 15) is 4.79 Å². The molecule has 0 fully saturated rings. The number of aromatic nitrogens is 1. The standard InChI is InChI=1S/C15H19N3O2.2ClH/c1-10(16-2)9-17-15(19)14-6-4-11-8-12(20-3)5-7-13(11)18-14;;/h4-8,10,16H,9H2,1-3H3,(H,17,19);2*1H. The molecule has 0 bridgehead atoms. The fourth-order valence-electron chi connectivity index (χ4n) is 1.80. The third-order valence-electron chi connectivity index (χ3n) is 3.19. The molecule has 7 heteroatoms. The van der Waals surface area contributed by atoms with Crippen LogP contribution in [-0.4, -0.2) is 37.6 Å². The smallest absolute Gasteiger partial charge is 0.269 e. The van der Waals surface area contributed by atoms with Crippen molar-refractivity contribution in [3.05, 3.63) is 36.0 Å². The molecule has 0 aliphatic heterocycles. The molecule has 0 saturated heterocycles. The van der Waals surface area contributed by atoms with E-state index in [0.29, 0.717) is 12.2 Å². The van der Waals surface area contributed by atoms with Gasteiger partial charge < -0.3 is 15.4 Å². The molecule has 2 N–H and O–H groups in total. The number of carbonyl (C=O) groups is 1. The van der Waals surface area contributed by atoms with Crippen molar-refractivity contribution in [1.82, 2.24) is 15.6 Å². The van der Waals surface area contributed by atoms with Crippen LogP contribution in [0.3, 0.4) is 0 Å². The van der Waals surface area contributed by atoms with Crippen LogP contribution in [0.25, 0.3) is 10.9 Å². The number of carbonyl (C=O) groups excluding carboxylic acids is 1. The number of amides is 1. The monoisotopic (exact) mass is 345 g/mol. The van der Waals surface area contributed by atoms with E-state index in [0.717, 1.165) is 16.7 Å². The number of likely N-dealkylation sites (N-methyl/N-ethyl adjacent to an activating group) is 1. The normalized spacial score (nSPS) is 11.0. The van der Waals surface area contributed by atoms with Gasteiger partial charge in [-0.15, -0.1) is 24.8 Å². The molecule has 0 radical (unpaired) electrons. The summed E-state index contributed by atoms with van der Waals surface area (Å²) in [6, 6.07) is 9.40. The topological polar surface area (TPSA) is 63.2 Å². The fourth-order valence-corrected chi connectivity index (χ4v) is 1.80. The van der Waals surface area contributed by atoms with E-state index in [1.165, 1.54) is 0 Å². The Morgan fingerprint density at radius 2 is 2.00 bits per heavy atom. The van der Waals surface area contributed by atoms with Crippen molar-refractivity contribution >= 4 is 41.6 Å². The lowest BCUT2D eigenvalue weighted by Gasteiger charge is -2.11. The van der Waals surface area contributed by atoms with Crippen LogP contribution in [-0.2, 0) is 0 Å². The highest BCUT2D eigenvalue weighted by Crippen LogP contribution is 2.19. The van der Waals surface area contributed by atoms with Crippen molar-refractivity contribution in [2.24, 2.45) is 0 Å². The Balaban J connectivity index is 0.00000220. The highest BCUT2D eigenvalue weighted by Gasteiger charge is 2.09. The number of halogens is 2. The second-order valence-corrected chi connectivity index (χ2v) is 4.65. The summed E-state index contributed by atoms with van der Waals surface area (Å²) >= 11 is 0. The first kappa shape index (κ1) is 20.4. The predicted octanol–water partition coefficient (Wildman–Crippen LogP) is 2.42. The number of fused-ring (bicyclic) bond motifs is 1. The Morgan fingerprint density at radius 3 is 2.64 bits per heavy atom. The highest BCUT2D eigenvalue weighted by atomic mass is 35.5. The van der Waals surface area contributed by atoms with Crippen LogP contribution in [0, 0.1) is 0 Å². The third-order valence-corrected chi connectivity index (χ3v) is 3.19. The van der Waals surface area contributed by atoms with Crippen molar-refractivity contribution in [2.75, 3.05) is 20.7 Å². The molecule has 0 spiro atoms. The van der Waals surface area contributed by atoms with Gasteiger partial charge in [0.05, 0.1) is 12.6 Å². The molecule has 1 aromatic carbocycles. The zero-order valence-corrected chi connectivity index (χ0v) is 14.4. The summed E-state index contributed by atoms with van der Waals surface area (Å²) in [4.78, 5) is 16.4. The van der Waals surface area contributed by atoms with E-state index in [1.54, 1.807) is 13.2 Å². The molecule has 0 aliphatic rings. The van der Waals surface area contributed by atoms with Crippen molar-refractivity contribution in [2.45, 2.75) is 13.0 Å². The molecular formula is C15H21Cl2N3O2. The Bertz CT molecular complexity index is 623. The average Bonchev–Trinajstić information content (AvgIpc) is 2.50. The molecule has 2 aromatic rings. The molecule has 1 atom stereocenters. The van der Waals surface area contributed by atoms with E-state index in [1.807, 2.05) is 38.2 Å². The van der Waals surface area contributed by atoms with Crippen LogP contribution in [0.15, 0.2) is 30.3 Å². The minimum Gasteiger partial charge on any atom is -0.497 e. The first-order valence-corrected chi connectivity index (χ1v) is 6.54. The molecule has 2 rings (SSSR count). The average molecular weight is 346 g/mol. The van der Waals surface area contributed by atoms with Gasteiger partial charge in [-0.3, -0.25) is 4.79 Å². The summed E-state index contributed by atoms with van der Waals surface area (Å²) in [6.07, 6.45) is 0. The van der Waals surface area contributed by atoms with Gasteiger partial charge in [0.15, 0.2) is 0 Å². The number of nitrogens with zero attached hydrogens (tertiary/aromatic N) is 1. The molecule has 1 amide bonds. The van der Waals surface area contributed by atoms with Gasteiger partial charge in [0.2, 0.25) is 0 Å². The number of nitrogens with one attached hydrogen (secondary N) is 2. The predicted molar refractivity (Wildman–Crippen MR) is 93.6 cm³/mol. The Kier molecular flexibility index (Phi) is 8.79. The quantitative estimate of drug-likeness (QED) is 0.873. The molecule has 1 unspecified atom stereocenters. The van der Waals surface area contributed by atoms with Crippen LogP contribution in [0.1, 0.15) is 17.4 Å². The summed E-state index contributed by atoms with van der Waals surface area (Å²) in [6.45, 7) is 2.57. The number of benzene rings is 1.